The number of nitrogens with one attached hydrogen (secondary N) is 1. The summed E-state index contributed by atoms with van der Waals surface area (Å²) in [5.74, 6) is 1.90. The number of carbonyl (C=O) groups is 3. The highest BCUT2D eigenvalue weighted by atomic mass is 35.5. The highest BCUT2D eigenvalue weighted by Gasteiger charge is 2.61. The second kappa shape index (κ2) is 13.5. The first-order valence-electron chi connectivity index (χ1n) is 16.3. The van der Waals surface area contributed by atoms with Gasteiger partial charge in [0.2, 0.25) is 5.91 Å². The number of ketones is 1. The maximum Gasteiger partial charge on any atom is 0.306 e. The van der Waals surface area contributed by atoms with Crippen molar-refractivity contribution in [2.45, 2.75) is 97.1 Å². The van der Waals surface area contributed by atoms with Crippen LogP contribution in [0, 0.1) is 28.6 Å². The van der Waals surface area contributed by atoms with E-state index in [2.05, 4.69) is 48.3 Å². The first-order valence-corrected chi connectivity index (χ1v) is 17.3. The van der Waals surface area contributed by atoms with Crippen molar-refractivity contribution >= 4 is 46.5 Å². The Labute approximate surface area is 267 Å². The minimum atomic E-state index is -0.158. The lowest BCUT2D eigenvalue weighted by atomic mass is 9.47. The summed E-state index contributed by atoms with van der Waals surface area (Å²) in [6, 6.07) is 8.56. The number of ether oxygens (including phenoxy) is 1. The van der Waals surface area contributed by atoms with Gasteiger partial charge >= 0.3 is 5.97 Å². The quantitative estimate of drug-likeness (QED) is 0.214. The van der Waals surface area contributed by atoms with Crippen LogP contribution in [-0.4, -0.2) is 54.7 Å². The fourth-order valence-corrected chi connectivity index (χ4v) is 9.49. The Kier molecular flexibility index (Phi) is 10.2. The van der Waals surface area contributed by atoms with Crippen molar-refractivity contribution in [2.75, 3.05) is 29.7 Å². The molecule has 0 heterocycles. The van der Waals surface area contributed by atoms with Crippen LogP contribution in [0.25, 0.3) is 0 Å². The van der Waals surface area contributed by atoms with Crippen LogP contribution >= 0.6 is 23.2 Å². The zero-order chi connectivity index (χ0) is 30.8. The molecule has 8 heteroatoms. The lowest BCUT2D eigenvalue weighted by Gasteiger charge is -2.57. The van der Waals surface area contributed by atoms with Gasteiger partial charge in [0.15, 0.2) is 5.78 Å². The number of aryl methyl sites for hydroxylation is 1. The molecule has 1 aromatic carbocycles. The zero-order valence-corrected chi connectivity index (χ0v) is 27.5. The van der Waals surface area contributed by atoms with E-state index < -0.39 is 0 Å². The van der Waals surface area contributed by atoms with E-state index in [9.17, 15) is 14.4 Å². The van der Waals surface area contributed by atoms with Gasteiger partial charge in [-0.1, -0.05) is 31.6 Å². The molecule has 1 amide bonds. The van der Waals surface area contributed by atoms with Gasteiger partial charge in [-0.05, 0) is 97.8 Å². The van der Waals surface area contributed by atoms with Crippen LogP contribution in [0.15, 0.2) is 35.9 Å². The van der Waals surface area contributed by atoms with E-state index in [0.29, 0.717) is 36.4 Å². The van der Waals surface area contributed by atoms with Gasteiger partial charge in [0.25, 0.3) is 0 Å². The molecule has 0 aliphatic heterocycles. The van der Waals surface area contributed by atoms with E-state index in [1.165, 1.54) is 11.1 Å². The topological polar surface area (TPSA) is 75.7 Å². The Hall–Kier alpha value is -2.05. The number of carbonyl (C=O) groups excluding carboxylic acids is 3. The number of anilines is 1. The number of amides is 1. The first kappa shape index (κ1) is 32.3. The second-order valence-corrected chi connectivity index (χ2v) is 14.6. The Morgan fingerprint density at radius 3 is 2.40 bits per heavy atom. The van der Waals surface area contributed by atoms with Crippen LogP contribution in [0.1, 0.15) is 84.1 Å². The smallest absolute Gasteiger partial charge is 0.306 e. The van der Waals surface area contributed by atoms with Crippen molar-refractivity contribution in [3.8, 4) is 0 Å². The third-order valence-electron chi connectivity index (χ3n) is 11.4. The fourth-order valence-electron chi connectivity index (χ4n) is 9.08. The van der Waals surface area contributed by atoms with Crippen molar-refractivity contribution in [1.29, 1.82) is 0 Å². The van der Waals surface area contributed by atoms with Gasteiger partial charge in [-0.25, -0.2) is 0 Å². The van der Waals surface area contributed by atoms with Gasteiger partial charge in [-0.15, -0.1) is 23.2 Å². The second-order valence-electron chi connectivity index (χ2n) is 13.8. The summed E-state index contributed by atoms with van der Waals surface area (Å²) >= 11 is 11.9. The van der Waals surface area contributed by atoms with Crippen molar-refractivity contribution in [3.63, 3.8) is 0 Å². The predicted molar refractivity (Wildman–Crippen MR) is 173 cm³/mol. The van der Waals surface area contributed by atoms with Crippen LogP contribution < -0.4 is 10.2 Å². The van der Waals surface area contributed by atoms with Crippen molar-refractivity contribution in [3.05, 3.63) is 41.5 Å². The molecule has 1 N–H and O–H groups in total. The Morgan fingerprint density at radius 2 is 1.72 bits per heavy atom. The largest absolute Gasteiger partial charge is 0.462 e. The van der Waals surface area contributed by atoms with Crippen LogP contribution in [0.5, 0.6) is 0 Å². The molecule has 4 aliphatic carbocycles. The number of alkyl halides is 2. The minimum absolute atomic E-state index is 0.0201. The van der Waals surface area contributed by atoms with E-state index in [-0.39, 0.29) is 46.6 Å². The Balaban J connectivity index is 1.14. The summed E-state index contributed by atoms with van der Waals surface area (Å²) in [5.41, 5.74) is 3.43. The lowest BCUT2D eigenvalue weighted by Crippen LogP contribution is -2.56. The average molecular weight is 632 g/mol. The molecule has 43 heavy (non-hydrogen) atoms. The number of benzene rings is 1. The molecule has 3 fully saturated rings. The predicted octanol–water partition coefficient (Wildman–Crippen LogP) is 6.85. The number of hydrogen-bond donors (Lipinski definition) is 1. The third-order valence-corrected chi connectivity index (χ3v) is 11.8. The van der Waals surface area contributed by atoms with E-state index in [1.54, 1.807) is 6.92 Å². The Morgan fingerprint density at radius 1 is 1.00 bits per heavy atom. The van der Waals surface area contributed by atoms with E-state index in [4.69, 9.17) is 27.9 Å². The van der Waals surface area contributed by atoms with Crippen molar-refractivity contribution in [1.82, 2.24) is 5.32 Å². The molecule has 6 nitrogen and oxygen atoms in total. The number of rotatable bonds is 11. The highest BCUT2D eigenvalue weighted by Crippen LogP contribution is 2.64. The number of hydrogen-bond acceptors (Lipinski definition) is 5. The number of halogens is 2. The fraction of sp³-hybridized carbons (Fsp3) is 0.686. The molecule has 0 unspecified atom stereocenters. The van der Waals surface area contributed by atoms with Crippen LogP contribution in [-0.2, 0) is 25.5 Å². The van der Waals surface area contributed by atoms with E-state index in [1.807, 2.05) is 6.08 Å². The molecule has 0 bridgehead atoms. The molecule has 0 spiro atoms. The van der Waals surface area contributed by atoms with Crippen molar-refractivity contribution < 1.29 is 19.1 Å². The molecule has 5 rings (SSSR count). The summed E-state index contributed by atoms with van der Waals surface area (Å²) in [7, 11) is 0. The molecule has 0 aromatic heterocycles. The number of nitrogens with zero attached hydrogens (tertiary/aromatic N) is 1. The lowest BCUT2D eigenvalue weighted by molar-refractivity contribution is -0.151. The molecular formula is C35H48Cl2N2O4. The van der Waals surface area contributed by atoms with Crippen LogP contribution in [0.2, 0.25) is 0 Å². The summed E-state index contributed by atoms with van der Waals surface area (Å²) in [5, 5.41) is 3.20. The maximum atomic E-state index is 13.7. The van der Waals surface area contributed by atoms with Crippen LogP contribution in [0.3, 0.4) is 0 Å². The molecule has 3 saturated carbocycles. The molecule has 1 aromatic rings. The SMILES string of the molecule is CC(=O)N[C@H]1CC[C@H]2[C@@H]3C(=O)C=C4C[C@@H](OC(=O)CCCc5ccc(N(CCCl)CCCl)cc5)CC[C@]4(C)[C@H]3CC[C@]12C. The van der Waals surface area contributed by atoms with Gasteiger partial charge in [0.05, 0.1) is 0 Å². The van der Waals surface area contributed by atoms with Gasteiger partial charge in [0.1, 0.15) is 6.10 Å². The summed E-state index contributed by atoms with van der Waals surface area (Å²) < 4.78 is 5.97. The molecule has 0 radical (unpaired) electrons. The number of esters is 1. The normalized spacial score (nSPS) is 33.1. The summed E-state index contributed by atoms with van der Waals surface area (Å²) in [6.45, 7) is 7.75. The van der Waals surface area contributed by atoms with Gasteiger partial charge in [0, 0.05) is 62.3 Å². The first-order chi connectivity index (χ1) is 20.6. The molecular weight excluding hydrogens is 583 g/mol. The minimum Gasteiger partial charge on any atom is -0.462 e. The third kappa shape index (κ3) is 6.66. The zero-order valence-electron chi connectivity index (χ0n) is 26.0. The molecule has 4 aliphatic rings. The maximum absolute atomic E-state index is 13.7. The Bertz CT molecular complexity index is 1210. The van der Waals surface area contributed by atoms with Gasteiger partial charge in [-0.2, -0.15) is 0 Å². The highest BCUT2D eigenvalue weighted by molar-refractivity contribution is 6.18. The standard InChI is InChI=1S/C35H48Cl2N2O4/c1-23(40)38-31-12-11-28-33-29(14-16-35(28,31)3)34(2)15-13-27(21-25(34)22-30(33)41)43-32(42)6-4-5-24-7-9-26(10-8-24)39(19-17-36)20-18-37/h7-10,22,27-29,31,33H,4-6,11-21H2,1-3H3,(H,38,40)/t27-,28-,29-,31-,33-,34-,35-/m0/s1. The summed E-state index contributed by atoms with van der Waals surface area (Å²) in [6.07, 6.45) is 10.2. The van der Waals surface area contributed by atoms with E-state index in [0.717, 1.165) is 70.1 Å². The van der Waals surface area contributed by atoms with E-state index >= 15 is 0 Å². The number of fused-ring (bicyclic) bond motifs is 5. The van der Waals surface area contributed by atoms with Gasteiger partial charge < -0.3 is 15.0 Å². The number of allylic oxidation sites excluding steroid dienone is 1. The monoisotopic (exact) mass is 630 g/mol. The molecule has 236 valence electrons. The van der Waals surface area contributed by atoms with Crippen LogP contribution in [0.4, 0.5) is 5.69 Å². The van der Waals surface area contributed by atoms with Crippen molar-refractivity contribution in [2.24, 2.45) is 28.6 Å². The average Bonchev–Trinajstić information content (AvgIpc) is 3.29. The van der Waals surface area contributed by atoms with Gasteiger partial charge in [-0.3, -0.25) is 14.4 Å². The molecule has 7 atom stereocenters. The summed E-state index contributed by atoms with van der Waals surface area (Å²) in [4.78, 5) is 40.5. The molecule has 0 saturated heterocycles.